The molecule has 0 N–H and O–H groups in total. The molecule has 0 heterocycles. The molecule has 0 unspecified atom stereocenters. The Hall–Kier alpha value is -0.294. The van der Waals surface area contributed by atoms with E-state index < -0.39 is 5.09 Å². The van der Waals surface area contributed by atoms with Crippen LogP contribution in [0.25, 0.3) is 0 Å². The van der Waals surface area contributed by atoms with E-state index in [0.29, 0.717) is 0 Å². The van der Waals surface area contributed by atoms with Crippen molar-refractivity contribution in [1.82, 2.24) is 0 Å². The fourth-order valence-corrected chi connectivity index (χ4v) is 0.354. The van der Waals surface area contributed by atoms with E-state index in [0.717, 1.165) is 0 Å². The number of rotatable bonds is 2. The van der Waals surface area contributed by atoms with E-state index in [1.165, 1.54) is 19.3 Å². The summed E-state index contributed by atoms with van der Waals surface area (Å²) in [7, 11) is 0. The summed E-state index contributed by atoms with van der Waals surface area (Å²) in [5.41, 5.74) is 0. The molecule has 0 aromatic rings. The van der Waals surface area contributed by atoms with E-state index in [-0.39, 0.29) is 16.8 Å². The molecule has 0 amide bonds. The molecule has 10 heavy (non-hydrogen) atoms. The summed E-state index contributed by atoms with van der Waals surface area (Å²) in [6, 6.07) is 0. The molecule has 0 aliphatic heterocycles. The first kappa shape index (κ1) is 16.4. The van der Waals surface area contributed by atoms with Gasteiger partial charge in [0.2, 0.25) is 0 Å². The Morgan fingerprint density at radius 2 is 1.40 bits per heavy atom. The van der Waals surface area contributed by atoms with Gasteiger partial charge in [-0.2, -0.15) is 0 Å². The first-order valence-electron chi connectivity index (χ1n) is 2.96. The molecule has 4 nitrogen and oxygen atoms in total. The average molecular weight is 193 g/mol. The van der Waals surface area contributed by atoms with E-state index in [4.69, 9.17) is 15.3 Å². The van der Waals surface area contributed by atoms with Crippen molar-refractivity contribution in [2.45, 2.75) is 33.1 Å². The maximum absolute atomic E-state index is 8.25. The minimum absolute atomic E-state index is 0. The number of unbranched alkanes of at least 4 members (excludes halogenated alkanes) is 2. The Morgan fingerprint density at radius 1 is 1.20 bits per heavy atom. The third-order valence-corrected chi connectivity index (χ3v) is 0.707. The van der Waals surface area contributed by atoms with Crippen molar-refractivity contribution >= 4 is 0 Å². The van der Waals surface area contributed by atoms with Gasteiger partial charge in [-0.15, -0.1) is 0 Å². The molecule has 1 radical (unpaired) electrons. The predicted octanol–water partition coefficient (Wildman–Crippen LogP) is 1.95. The van der Waals surface area contributed by atoms with E-state index >= 15 is 0 Å². The molecule has 0 saturated heterocycles. The van der Waals surface area contributed by atoms with Crippen molar-refractivity contribution < 1.29 is 21.9 Å². The van der Waals surface area contributed by atoms with E-state index in [1.807, 2.05) is 0 Å². The summed E-state index contributed by atoms with van der Waals surface area (Å²) in [6.45, 7) is 4.42. The van der Waals surface area contributed by atoms with Crippen molar-refractivity contribution in [3.63, 3.8) is 0 Å². The van der Waals surface area contributed by atoms with E-state index in [2.05, 4.69) is 13.8 Å². The molecular weight excluding hydrogens is 181 g/mol. The molecule has 5 heteroatoms. The summed E-state index contributed by atoms with van der Waals surface area (Å²) < 4.78 is 0. The first-order valence-corrected chi connectivity index (χ1v) is 2.96. The van der Waals surface area contributed by atoms with Crippen LogP contribution in [0.15, 0.2) is 0 Å². The van der Waals surface area contributed by atoms with Gasteiger partial charge in [-0.25, -0.2) is 0 Å². The summed E-state index contributed by atoms with van der Waals surface area (Å²) in [5.74, 6) is 0. The van der Waals surface area contributed by atoms with E-state index in [9.17, 15) is 0 Å². The second-order valence-corrected chi connectivity index (χ2v) is 1.58. The first-order chi connectivity index (χ1) is 4.15. The summed E-state index contributed by atoms with van der Waals surface area (Å²) >= 11 is 0. The van der Waals surface area contributed by atoms with Crippen molar-refractivity contribution in [3.8, 4) is 0 Å². The minimum Gasteiger partial charge on any atom is -0.356 e. The Labute approximate surface area is 70.9 Å². The normalized spacial score (nSPS) is 6.60. The molecule has 0 aliphatic carbocycles. The maximum Gasteiger partial charge on any atom is 2.00 e. The van der Waals surface area contributed by atoms with Crippen LogP contribution in [-0.2, 0) is 16.8 Å². The van der Waals surface area contributed by atoms with Gasteiger partial charge in [-0.1, -0.05) is 33.1 Å². The monoisotopic (exact) mass is 193 g/mol. The molecule has 0 aliphatic rings. The topological polar surface area (TPSA) is 66.2 Å². The smallest absolute Gasteiger partial charge is 0.356 e. The molecule has 0 bridgehead atoms. The van der Waals surface area contributed by atoms with Crippen LogP contribution in [0.4, 0.5) is 0 Å². The Bertz CT molecular complexity index is 63.9. The van der Waals surface area contributed by atoms with Gasteiger partial charge >= 0.3 is 16.8 Å². The van der Waals surface area contributed by atoms with Gasteiger partial charge in [-0.3, -0.25) is 0 Å². The fraction of sp³-hybridized carbons (Fsp3) is 1.00. The maximum atomic E-state index is 8.25. The third-order valence-electron chi connectivity index (χ3n) is 0.707. The largest absolute Gasteiger partial charge is 2.00 e. The minimum atomic E-state index is -1.75. The Kier molecular flexibility index (Phi) is 26.0. The summed E-state index contributed by atoms with van der Waals surface area (Å²) in [5, 5.41) is 14.8. The van der Waals surface area contributed by atoms with Crippen molar-refractivity contribution in [2.75, 3.05) is 0 Å². The van der Waals surface area contributed by atoms with Gasteiger partial charge in [0.25, 0.3) is 0 Å². The zero-order valence-corrected chi connectivity index (χ0v) is 7.17. The molecule has 0 rings (SSSR count). The van der Waals surface area contributed by atoms with Crippen LogP contribution in [0.3, 0.4) is 0 Å². The standard InChI is InChI=1S/C5H12.Co.NO3/c1-3-5-4-2;;2-1(3)4/h3-5H2,1-2H3;;/q;+2;-1. The van der Waals surface area contributed by atoms with Gasteiger partial charge in [0.15, 0.2) is 0 Å². The molecule has 0 atom stereocenters. The molecule has 63 valence electrons. The molecular formula is C5H12CoNO3+. The van der Waals surface area contributed by atoms with Gasteiger partial charge in [0.1, 0.15) is 0 Å². The quantitative estimate of drug-likeness (QED) is 0.497. The van der Waals surface area contributed by atoms with Crippen LogP contribution in [0, 0.1) is 15.3 Å². The Balaban J connectivity index is -0.0000000910. The van der Waals surface area contributed by atoms with Crippen LogP contribution in [0.1, 0.15) is 33.1 Å². The van der Waals surface area contributed by atoms with Gasteiger partial charge in [0.05, 0.1) is 5.09 Å². The van der Waals surface area contributed by atoms with Crippen molar-refractivity contribution in [2.24, 2.45) is 0 Å². The van der Waals surface area contributed by atoms with Gasteiger partial charge in [0, 0.05) is 0 Å². The average Bonchev–Trinajstić information content (AvgIpc) is 1.66. The molecule has 0 fully saturated rings. The number of hydrogen-bond donors (Lipinski definition) is 0. The SMILES string of the molecule is CCCCC.O=[N+]([O-])[O-].[Co+2]. The molecule has 0 spiro atoms. The zero-order chi connectivity index (χ0) is 7.70. The zero-order valence-electron chi connectivity index (χ0n) is 6.13. The fourth-order valence-electron chi connectivity index (χ4n) is 0.354. The second-order valence-electron chi connectivity index (χ2n) is 1.58. The predicted molar refractivity (Wildman–Crippen MR) is 35.6 cm³/mol. The summed E-state index contributed by atoms with van der Waals surface area (Å²) in [6.07, 6.45) is 4.08. The van der Waals surface area contributed by atoms with Crippen molar-refractivity contribution in [3.05, 3.63) is 15.3 Å². The van der Waals surface area contributed by atoms with Crippen LogP contribution in [0.5, 0.6) is 0 Å². The van der Waals surface area contributed by atoms with Gasteiger partial charge in [-0.05, 0) is 0 Å². The van der Waals surface area contributed by atoms with Crippen LogP contribution in [-0.4, -0.2) is 5.09 Å². The Morgan fingerprint density at radius 3 is 1.40 bits per heavy atom. The van der Waals surface area contributed by atoms with Crippen LogP contribution < -0.4 is 0 Å². The molecule has 0 aromatic heterocycles. The van der Waals surface area contributed by atoms with Crippen LogP contribution in [0.2, 0.25) is 0 Å². The van der Waals surface area contributed by atoms with Gasteiger partial charge < -0.3 is 15.3 Å². The van der Waals surface area contributed by atoms with Crippen molar-refractivity contribution in [1.29, 1.82) is 0 Å². The molecule has 0 aromatic carbocycles. The number of nitrogens with zero attached hydrogens (tertiary/aromatic N) is 1. The molecule has 0 saturated carbocycles. The second kappa shape index (κ2) is 15.9. The summed E-state index contributed by atoms with van der Waals surface area (Å²) in [4.78, 5) is 8.25. The van der Waals surface area contributed by atoms with Crippen LogP contribution >= 0.6 is 0 Å². The third kappa shape index (κ3) is 119. The van der Waals surface area contributed by atoms with E-state index in [1.54, 1.807) is 0 Å². The number of hydrogen-bond acceptors (Lipinski definition) is 3.